The van der Waals surface area contributed by atoms with E-state index < -0.39 is 9.84 Å². The third kappa shape index (κ3) is 4.23. The Morgan fingerprint density at radius 2 is 2.00 bits per heavy atom. The second kappa shape index (κ2) is 8.00. The minimum absolute atomic E-state index is 0.0259. The lowest BCUT2D eigenvalue weighted by Gasteiger charge is -2.24. The molecule has 0 saturated carbocycles. The highest BCUT2D eigenvalue weighted by molar-refractivity contribution is 8.15. The van der Waals surface area contributed by atoms with Crippen LogP contribution in [0.4, 0.5) is 5.69 Å². The summed E-state index contributed by atoms with van der Waals surface area (Å²) in [4.78, 5) is 18.7. The zero-order valence-corrected chi connectivity index (χ0v) is 16.7. The minimum atomic E-state index is -2.95. The number of hydrogen-bond donors (Lipinski definition) is 0. The number of sulfone groups is 1. The Morgan fingerprint density at radius 1 is 1.27 bits per heavy atom. The number of thioether (sulfide) groups is 1. The SMILES string of the molecule is CCCCN(C1=N[C@H]2CS(=O)(=O)C[C@@H]2S1)c1ccc(C(=O)OCC)cc1. The lowest BCUT2D eigenvalue weighted by atomic mass is 10.2. The molecule has 142 valence electrons. The van der Waals surface area contributed by atoms with Crippen LogP contribution in [-0.2, 0) is 14.6 Å². The highest BCUT2D eigenvalue weighted by Gasteiger charge is 2.43. The normalized spacial score (nSPS) is 23.4. The van der Waals surface area contributed by atoms with Crippen LogP contribution < -0.4 is 4.90 Å². The molecule has 1 saturated heterocycles. The monoisotopic (exact) mass is 396 g/mol. The van der Waals surface area contributed by atoms with Crippen LogP contribution in [0.25, 0.3) is 0 Å². The van der Waals surface area contributed by atoms with Crippen LogP contribution in [0.5, 0.6) is 0 Å². The van der Waals surface area contributed by atoms with Gasteiger partial charge in [0.05, 0.1) is 29.7 Å². The molecule has 0 radical (unpaired) electrons. The number of amidine groups is 1. The number of aliphatic imine (C=N–C) groups is 1. The van der Waals surface area contributed by atoms with Crippen molar-refractivity contribution in [1.82, 2.24) is 0 Å². The second-order valence-electron chi connectivity index (χ2n) is 6.48. The number of ether oxygens (including phenoxy) is 1. The molecular weight excluding hydrogens is 372 g/mol. The van der Waals surface area contributed by atoms with E-state index in [1.54, 1.807) is 30.8 Å². The zero-order valence-electron chi connectivity index (χ0n) is 15.1. The third-order valence-electron chi connectivity index (χ3n) is 4.46. The van der Waals surface area contributed by atoms with Crippen LogP contribution in [-0.4, -0.2) is 55.5 Å². The smallest absolute Gasteiger partial charge is 0.338 e. The van der Waals surface area contributed by atoms with Gasteiger partial charge in [0.2, 0.25) is 0 Å². The molecule has 2 heterocycles. The molecular formula is C18H24N2O4S2. The van der Waals surface area contributed by atoms with E-state index in [1.807, 2.05) is 12.1 Å². The number of hydrogen-bond acceptors (Lipinski definition) is 7. The Bertz CT molecular complexity index is 790. The number of benzene rings is 1. The molecule has 2 atom stereocenters. The van der Waals surface area contributed by atoms with E-state index in [1.165, 1.54) is 0 Å². The molecule has 26 heavy (non-hydrogen) atoms. The first-order valence-electron chi connectivity index (χ1n) is 8.93. The van der Waals surface area contributed by atoms with Crippen molar-refractivity contribution in [2.75, 3.05) is 29.6 Å². The lowest BCUT2D eigenvalue weighted by Crippen LogP contribution is -2.29. The molecule has 0 aliphatic carbocycles. The average Bonchev–Trinajstić information content (AvgIpc) is 3.09. The molecule has 1 fully saturated rings. The van der Waals surface area contributed by atoms with Crippen molar-refractivity contribution in [2.45, 2.75) is 38.0 Å². The molecule has 3 rings (SSSR count). The maximum absolute atomic E-state index is 11.8. The Balaban J connectivity index is 1.80. The number of esters is 1. The Hall–Kier alpha value is -1.54. The number of fused-ring (bicyclic) bond motifs is 1. The standard InChI is InChI=1S/C18H24N2O4S2/c1-3-5-10-20(14-8-6-13(7-9-14)17(21)24-4-2)18-19-15-11-26(22,23)12-16(15)25-18/h6-9,15-16H,3-5,10-12H2,1-2H3/t15-,16-/m0/s1. The van der Waals surface area contributed by atoms with Gasteiger partial charge in [0.25, 0.3) is 0 Å². The molecule has 2 aliphatic rings. The van der Waals surface area contributed by atoms with Gasteiger partial charge in [-0.05, 0) is 37.6 Å². The molecule has 0 N–H and O–H groups in total. The summed E-state index contributed by atoms with van der Waals surface area (Å²) >= 11 is 1.56. The molecule has 0 bridgehead atoms. The van der Waals surface area contributed by atoms with Crippen LogP contribution in [0.15, 0.2) is 29.3 Å². The molecule has 8 heteroatoms. The van der Waals surface area contributed by atoms with Crippen LogP contribution in [0.2, 0.25) is 0 Å². The zero-order chi connectivity index (χ0) is 18.7. The van der Waals surface area contributed by atoms with Crippen molar-refractivity contribution in [2.24, 2.45) is 4.99 Å². The van der Waals surface area contributed by atoms with Gasteiger partial charge in [-0.3, -0.25) is 4.99 Å². The number of carbonyl (C=O) groups excluding carboxylic acids is 1. The number of anilines is 1. The first kappa shape index (κ1) is 19.2. The number of rotatable bonds is 6. The van der Waals surface area contributed by atoms with E-state index >= 15 is 0 Å². The Morgan fingerprint density at radius 3 is 2.62 bits per heavy atom. The average molecular weight is 397 g/mol. The second-order valence-corrected chi connectivity index (χ2v) is 9.84. The summed E-state index contributed by atoms with van der Waals surface area (Å²) < 4.78 is 28.6. The maximum Gasteiger partial charge on any atom is 0.338 e. The fourth-order valence-electron chi connectivity index (χ4n) is 3.11. The highest BCUT2D eigenvalue weighted by Crippen LogP contribution is 2.37. The van der Waals surface area contributed by atoms with Crippen molar-refractivity contribution in [1.29, 1.82) is 0 Å². The van der Waals surface area contributed by atoms with Crippen molar-refractivity contribution in [3.63, 3.8) is 0 Å². The summed E-state index contributed by atoms with van der Waals surface area (Å²) in [7, 11) is -2.95. The molecule has 0 amide bonds. The summed E-state index contributed by atoms with van der Waals surface area (Å²) in [5.41, 5.74) is 1.48. The molecule has 2 aliphatic heterocycles. The van der Waals surface area contributed by atoms with Crippen molar-refractivity contribution < 1.29 is 17.9 Å². The van der Waals surface area contributed by atoms with E-state index in [0.29, 0.717) is 12.2 Å². The first-order chi connectivity index (χ1) is 12.4. The predicted molar refractivity (Wildman–Crippen MR) is 106 cm³/mol. The van der Waals surface area contributed by atoms with Crippen molar-refractivity contribution in [3.8, 4) is 0 Å². The van der Waals surface area contributed by atoms with Gasteiger partial charge in [-0.15, -0.1) is 0 Å². The Kier molecular flexibility index (Phi) is 5.92. The van der Waals surface area contributed by atoms with Gasteiger partial charge in [0, 0.05) is 17.5 Å². The summed E-state index contributed by atoms with van der Waals surface area (Å²) in [5.74, 6) is 0.0301. The van der Waals surface area contributed by atoms with Crippen LogP contribution in [0.3, 0.4) is 0 Å². The van der Waals surface area contributed by atoms with Gasteiger partial charge >= 0.3 is 5.97 Å². The van der Waals surface area contributed by atoms with Crippen molar-refractivity contribution in [3.05, 3.63) is 29.8 Å². The van der Waals surface area contributed by atoms with E-state index in [9.17, 15) is 13.2 Å². The molecule has 6 nitrogen and oxygen atoms in total. The van der Waals surface area contributed by atoms with Crippen LogP contribution >= 0.6 is 11.8 Å². The first-order valence-corrected chi connectivity index (χ1v) is 11.6. The van der Waals surface area contributed by atoms with Crippen molar-refractivity contribution >= 4 is 38.4 Å². The fourth-order valence-corrected chi connectivity index (χ4v) is 6.92. The quantitative estimate of drug-likeness (QED) is 0.688. The number of nitrogens with zero attached hydrogens (tertiary/aromatic N) is 2. The van der Waals surface area contributed by atoms with Gasteiger partial charge in [-0.25, -0.2) is 13.2 Å². The van der Waals surface area contributed by atoms with E-state index in [-0.39, 0.29) is 28.8 Å². The molecule has 1 aromatic carbocycles. The Labute approximate surface area is 158 Å². The minimum Gasteiger partial charge on any atom is -0.462 e. The van der Waals surface area contributed by atoms with Gasteiger partial charge < -0.3 is 9.64 Å². The number of unbranched alkanes of at least 4 members (excludes halogenated alkanes) is 1. The number of carbonyl (C=O) groups is 1. The predicted octanol–water partition coefficient (Wildman–Crippen LogP) is 2.74. The van der Waals surface area contributed by atoms with Gasteiger partial charge in [-0.1, -0.05) is 25.1 Å². The summed E-state index contributed by atoms with van der Waals surface area (Å²) in [6, 6.07) is 7.18. The van der Waals surface area contributed by atoms with E-state index in [2.05, 4.69) is 11.8 Å². The molecule has 0 unspecified atom stereocenters. The molecule has 0 spiro atoms. The fraction of sp³-hybridized carbons (Fsp3) is 0.556. The van der Waals surface area contributed by atoms with Crippen LogP contribution in [0.1, 0.15) is 37.0 Å². The topological polar surface area (TPSA) is 76.0 Å². The molecule has 0 aromatic heterocycles. The van der Waals surface area contributed by atoms with Gasteiger partial charge in [-0.2, -0.15) is 0 Å². The van der Waals surface area contributed by atoms with Crippen LogP contribution in [0, 0.1) is 0 Å². The van der Waals surface area contributed by atoms with Gasteiger partial charge in [0.1, 0.15) is 0 Å². The molecule has 1 aromatic rings. The highest BCUT2D eigenvalue weighted by atomic mass is 32.2. The summed E-state index contributed by atoms with van der Waals surface area (Å²) in [5, 5.41) is 0.908. The van der Waals surface area contributed by atoms with E-state index in [0.717, 1.165) is 30.2 Å². The maximum atomic E-state index is 11.8. The van der Waals surface area contributed by atoms with Gasteiger partial charge in [0.15, 0.2) is 15.0 Å². The third-order valence-corrected chi connectivity index (χ3v) is 7.71. The summed E-state index contributed by atoms with van der Waals surface area (Å²) in [6.45, 7) is 5.08. The summed E-state index contributed by atoms with van der Waals surface area (Å²) in [6.07, 6.45) is 2.06. The van der Waals surface area contributed by atoms with E-state index in [4.69, 9.17) is 9.73 Å². The lowest BCUT2D eigenvalue weighted by molar-refractivity contribution is 0.0526. The largest absolute Gasteiger partial charge is 0.462 e.